The molecule has 0 aromatic carbocycles. The highest BCUT2D eigenvalue weighted by atomic mass is 35.5. The Labute approximate surface area is 85.1 Å². The second-order valence-corrected chi connectivity index (χ2v) is 3.44. The maximum Gasteiger partial charge on any atom is 0.251 e. The van der Waals surface area contributed by atoms with Crippen LogP contribution in [0.15, 0.2) is 12.3 Å². The Morgan fingerprint density at radius 2 is 2.36 bits per heavy atom. The Morgan fingerprint density at radius 3 is 3.00 bits per heavy atom. The van der Waals surface area contributed by atoms with Gasteiger partial charge in [0.25, 0.3) is 5.91 Å². The van der Waals surface area contributed by atoms with Crippen molar-refractivity contribution in [2.24, 2.45) is 5.73 Å². The number of carbonyl (C=O) groups is 1. The van der Waals surface area contributed by atoms with Gasteiger partial charge in [-0.3, -0.25) is 4.79 Å². The van der Waals surface area contributed by atoms with Gasteiger partial charge in [-0.2, -0.15) is 0 Å². The van der Waals surface area contributed by atoms with Crippen LogP contribution in [-0.2, 0) is 0 Å². The average Bonchev–Trinajstić information content (AvgIpc) is 2.46. The molecule has 2 aromatic rings. The molecule has 4 nitrogen and oxygen atoms in total. The van der Waals surface area contributed by atoms with Crippen molar-refractivity contribution >= 4 is 28.5 Å². The number of pyridine rings is 1. The van der Waals surface area contributed by atoms with Crippen LogP contribution in [-0.4, -0.2) is 15.9 Å². The molecule has 0 saturated heterocycles. The summed E-state index contributed by atoms with van der Waals surface area (Å²) in [4.78, 5) is 18.0. The number of fused-ring (bicyclic) bond motifs is 1. The number of aromatic amines is 1. The van der Waals surface area contributed by atoms with Gasteiger partial charge in [0.15, 0.2) is 0 Å². The van der Waals surface area contributed by atoms with Gasteiger partial charge in [0, 0.05) is 17.3 Å². The standard InChI is InChI=1S/C9H8ClN3O/c1-4-2-5-7(10)6(8(11)14)3-12-9(5)13-4/h2-3H,1H3,(H2,11,14)(H,12,13). The number of carbonyl (C=O) groups excluding carboxylic acids is 1. The summed E-state index contributed by atoms with van der Waals surface area (Å²) in [6, 6.07) is 1.83. The van der Waals surface area contributed by atoms with E-state index in [-0.39, 0.29) is 5.56 Å². The number of nitrogens with zero attached hydrogens (tertiary/aromatic N) is 1. The van der Waals surface area contributed by atoms with Crippen LogP contribution in [0.25, 0.3) is 11.0 Å². The number of H-pyrrole nitrogens is 1. The van der Waals surface area contributed by atoms with Crippen molar-refractivity contribution in [1.29, 1.82) is 0 Å². The molecule has 0 bridgehead atoms. The summed E-state index contributed by atoms with van der Waals surface area (Å²) in [5.41, 5.74) is 6.99. The number of nitrogens with one attached hydrogen (secondary N) is 1. The molecule has 0 saturated carbocycles. The summed E-state index contributed by atoms with van der Waals surface area (Å²) >= 11 is 5.99. The van der Waals surface area contributed by atoms with Crippen LogP contribution in [0.4, 0.5) is 0 Å². The van der Waals surface area contributed by atoms with E-state index in [1.54, 1.807) is 0 Å². The van der Waals surface area contributed by atoms with Gasteiger partial charge >= 0.3 is 0 Å². The minimum Gasteiger partial charge on any atom is -0.366 e. The molecule has 0 unspecified atom stereocenters. The maximum absolute atomic E-state index is 11.0. The van der Waals surface area contributed by atoms with Crippen molar-refractivity contribution < 1.29 is 4.79 Å². The number of halogens is 1. The molecule has 2 rings (SSSR count). The largest absolute Gasteiger partial charge is 0.366 e. The van der Waals surface area contributed by atoms with Crippen molar-refractivity contribution in [1.82, 2.24) is 9.97 Å². The van der Waals surface area contributed by atoms with Gasteiger partial charge in [0.2, 0.25) is 0 Å². The maximum atomic E-state index is 11.0. The highest BCUT2D eigenvalue weighted by Crippen LogP contribution is 2.25. The number of amides is 1. The van der Waals surface area contributed by atoms with E-state index in [1.165, 1.54) is 6.20 Å². The summed E-state index contributed by atoms with van der Waals surface area (Å²) in [5.74, 6) is -0.566. The van der Waals surface area contributed by atoms with E-state index in [0.29, 0.717) is 10.7 Å². The fraction of sp³-hybridized carbons (Fsp3) is 0.111. The Hall–Kier alpha value is -1.55. The van der Waals surface area contributed by atoms with Crippen LogP contribution in [0, 0.1) is 6.92 Å². The van der Waals surface area contributed by atoms with Crippen LogP contribution >= 0.6 is 11.6 Å². The molecule has 0 radical (unpaired) electrons. The highest BCUT2D eigenvalue weighted by molar-refractivity contribution is 6.38. The van der Waals surface area contributed by atoms with Gasteiger partial charge in [0.05, 0.1) is 10.6 Å². The molecule has 0 atom stereocenters. The third kappa shape index (κ3) is 1.24. The van der Waals surface area contributed by atoms with Gasteiger partial charge in [-0.05, 0) is 13.0 Å². The summed E-state index contributed by atoms with van der Waals surface area (Å²) < 4.78 is 0. The SMILES string of the molecule is Cc1cc2c(Cl)c(C(N)=O)cnc2[nH]1. The summed E-state index contributed by atoms with van der Waals surface area (Å²) in [6.45, 7) is 1.89. The molecule has 0 spiro atoms. The lowest BCUT2D eigenvalue weighted by Crippen LogP contribution is -2.11. The smallest absolute Gasteiger partial charge is 0.251 e. The van der Waals surface area contributed by atoms with Gasteiger partial charge in [-0.15, -0.1) is 0 Å². The van der Waals surface area contributed by atoms with Crippen molar-refractivity contribution in [2.45, 2.75) is 6.92 Å². The zero-order valence-corrected chi connectivity index (χ0v) is 8.22. The topological polar surface area (TPSA) is 71.8 Å². The molecule has 5 heteroatoms. The zero-order chi connectivity index (χ0) is 10.3. The van der Waals surface area contributed by atoms with Crippen molar-refractivity contribution in [2.75, 3.05) is 0 Å². The zero-order valence-electron chi connectivity index (χ0n) is 7.47. The monoisotopic (exact) mass is 209 g/mol. The van der Waals surface area contributed by atoms with Crippen LogP contribution in [0.3, 0.4) is 0 Å². The number of nitrogens with two attached hydrogens (primary N) is 1. The molecule has 14 heavy (non-hydrogen) atoms. The Morgan fingerprint density at radius 1 is 1.64 bits per heavy atom. The normalized spacial score (nSPS) is 10.7. The number of hydrogen-bond donors (Lipinski definition) is 2. The molecule has 1 amide bonds. The lowest BCUT2D eigenvalue weighted by Gasteiger charge is -1.98. The van der Waals surface area contributed by atoms with Crippen molar-refractivity contribution in [3.05, 3.63) is 28.5 Å². The van der Waals surface area contributed by atoms with Crippen molar-refractivity contribution in [3.63, 3.8) is 0 Å². The predicted octanol–water partition coefficient (Wildman–Crippen LogP) is 1.62. The molecule has 0 fully saturated rings. The molecular weight excluding hydrogens is 202 g/mol. The van der Waals surface area contributed by atoms with Crippen LogP contribution in [0.5, 0.6) is 0 Å². The number of aryl methyl sites for hydroxylation is 1. The first-order chi connectivity index (χ1) is 6.59. The number of hydrogen-bond acceptors (Lipinski definition) is 2. The minimum absolute atomic E-state index is 0.248. The van der Waals surface area contributed by atoms with Crippen LogP contribution < -0.4 is 5.73 Å². The van der Waals surface area contributed by atoms with Crippen LogP contribution in [0.1, 0.15) is 16.1 Å². The van der Waals surface area contributed by atoms with Gasteiger partial charge in [-0.25, -0.2) is 4.98 Å². The van der Waals surface area contributed by atoms with E-state index >= 15 is 0 Å². The van der Waals surface area contributed by atoms with E-state index in [2.05, 4.69) is 9.97 Å². The fourth-order valence-corrected chi connectivity index (χ4v) is 1.63. The second kappa shape index (κ2) is 2.99. The second-order valence-electron chi connectivity index (χ2n) is 3.06. The van der Waals surface area contributed by atoms with E-state index in [0.717, 1.165) is 11.1 Å². The lowest BCUT2D eigenvalue weighted by atomic mass is 10.2. The first-order valence-corrected chi connectivity index (χ1v) is 4.41. The molecule has 3 N–H and O–H groups in total. The Balaban J connectivity index is 2.80. The molecular formula is C9H8ClN3O. The summed E-state index contributed by atoms with van der Waals surface area (Å²) in [7, 11) is 0. The molecule has 0 aliphatic rings. The Kier molecular flexibility index (Phi) is 1.93. The summed E-state index contributed by atoms with van der Waals surface area (Å²) in [6.07, 6.45) is 1.38. The highest BCUT2D eigenvalue weighted by Gasteiger charge is 2.12. The van der Waals surface area contributed by atoms with Gasteiger partial charge < -0.3 is 10.7 Å². The third-order valence-corrected chi connectivity index (χ3v) is 2.40. The number of rotatable bonds is 1. The molecule has 2 aromatic heterocycles. The third-order valence-electron chi connectivity index (χ3n) is 1.99. The lowest BCUT2D eigenvalue weighted by molar-refractivity contribution is 0.100. The van der Waals surface area contributed by atoms with Gasteiger partial charge in [0.1, 0.15) is 5.65 Å². The van der Waals surface area contributed by atoms with E-state index in [9.17, 15) is 4.79 Å². The van der Waals surface area contributed by atoms with Crippen molar-refractivity contribution in [3.8, 4) is 0 Å². The number of aromatic nitrogens is 2. The molecule has 2 heterocycles. The van der Waals surface area contributed by atoms with Gasteiger partial charge in [-0.1, -0.05) is 11.6 Å². The first-order valence-electron chi connectivity index (χ1n) is 4.03. The first kappa shape index (κ1) is 9.02. The fourth-order valence-electron chi connectivity index (χ4n) is 1.35. The van der Waals surface area contributed by atoms with Crippen LogP contribution in [0.2, 0.25) is 5.02 Å². The van der Waals surface area contributed by atoms with E-state index in [4.69, 9.17) is 17.3 Å². The Bertz CT molecular complexity index is 518. The average molecular weight is 210 g/mol. The summed E-state index contributed by atoms with van der Waals surface area (Å²) in [5, 5.41) is 1.08. The number of primary amides is 1. The van der Waals surface area contributed by atoms with E-state index < -0.39 is 5.91 Å². The quantitative estimate of drug-likeness (QED) is 0.749. The molecule has 0 aliphatic carbocycles. The minimum atomic E-state index is -0.566. The predicted molar refractivity (Wildman–Crippen MR) is 54.4 cm³/mol. The van der Waals surface area contributed by atoms with E-state index in [1.807, 2.05) is 13.0 Å². The molecule has 0 aliphatic heterocycles. The molecule has 72 valence electrons.